The molecule has 0 N–H and O–H groups in total. The third-order valence-electron chi connectivity index (χ3n) is 5.17. The Balaban J connectivity index is 1.84. The monoisotopic (exact) mass is 369 g/mol. The van der Waals surface area contributed by atoms with Gasteiger partial charge in [0, 0.05) is 19.0 Å². The van der Waals surface area contributed by atoms with Crippen molar-refractivity contribution in [1.29, 1.82) is 5.26 Å². The van der Waals surface area contributed by atoms with E-state index < -0.39 is 23.8 Å². The Morgan fingerprint density at radius 2 is 1.89 bits per heavy atom. The number of hydrogen-bond acceptors (Lipinski definition) is 4. The minimum atomic E-state index is -0.627. The highest BCUT2D eigenvalue weighted by Crippen LogP contribution is 2.34. The van der Waals surface area contributed by atoms with Gasteiger partial charge < -0.3 is 9.64 Å². The van der Waals surface area contributed by atoms with Crippen LogP contribution in [-0.4, -0.2) is 52.6 Å². The fraction of sp³-hybridized carbons (Fsp3) is 0.571. The third-order valence-corrected chi connectivity index (χ3v) is 5.17. The van der Waals surface area contributed by atoms with Crippen molar-refractivity contribution in [3.05, 3.63) is 35.9 Å². The molecule has 2 saturated heterocycles. The maximum absolute atomic E-state index is 13.2. The highest BCUT2D eigenvalue weighted by molar-refractivity contribution is 5.87. The molecule has 0 saturated carbocycles. The number of hydrogen-bond donors (Lipinski definition) is 0. The Bertz CT molecular complexity index is 735. The predicted octanol–water partition coefficient (Wildman–Crippen LogP) is 3.29. The van der Waals surface area contributed by atoms with Crippen LogP contribution in [0, 0.1) is 11.3 Å². The quantitative estimate of drug-likeness (QED) is 0.802. The zero-order chi connectivity index (χ0) is 19.6. The molecule has 27 heavy (non-hydrogen) atoms. The molecule has 144 valence electrons. The first-order valence-electron chi connectivity index (χ1n) is 9.55. The van der Waals surface area contributed by atoms with Gasteiger partial charge >= 0.3 is 6.09 Å². The lowest BCUT2D eigenvalue weighted by molar-refractivity contribution is -0.135. The number of rotatable bonds is 2. The van der Waals surface area contributed by atoms with E-state index >= 15 is 0 Å². The van der Waals surface area contributed by atoms with Crippen LogP contribution in [0.15, 0.2) is 30.3 Å². The van der Waals surface area contributed by atoms with E-state index in [1.165, 1.54) is 0 Å². The van der Waals surface area contributed by atoms with Gasteiger partial charge in [-0.1, -0.05) is 30.3 Å². The minimum absolute atomic E-state index is 0.0795. The van der Waals surface area contributed by atoms with Crippen LogP contribution in [-0.2, 0) is 9.53 Å². The summed E-state index contributed by atoms with van der Waals surface area (Å²) in [4.78, 5) is 29.2. The van der Waals surface area contributed by atoms with Gasteiger partial charge in [0.25, 0.3) is 0 Å². The number of likely N-dealkylation sites (tertiary alicyclic amines) is 2. The van der Waals surface area contributed by atoms with Crippen molar-refractivity contribution in [2.24, 2.45) is 0 Å². The van der Waals surface area contributed by atoms with Gasteiger partial charge in [0.05, 0.1) is 6.07 Å². The first-order chi connectivity index (χ1) is 12.8. The van der Waals surface area contributed by atoms with Crippen LogP contribution >= 0.6 is 0 Å². The molecule has 2 fully saturated rings. The Morgan fingerprint density at radius 3 is 2.52 bits per heavy atom. The zero-order valence-corrected chi connectivity index (χ0v) is 16.2. The highest BCUT2D eigenvalue weighted by atomic mass is 16.6. The van der Waals surface area contributed by atoms with Crippen molar-refractivity contribution in [2.75, 3.05) is 13.1 Å². The molecule has 0 radical (unpaired) electrons. The number of carbonyl (C=O) groups is 2. The summed E-state index contributed by atoms with van der Waals surface area (Å²) >= 11 is 0. The fourth-order valence-corrected chi connectivity index (χ4v) is 3.92. The van der Waals surface area contributed by atoms with Crippen LogP contribution in [0.2, 0.25) is 0 Å². The van der Waals surface area contributed by atoms with E-state index in [2.05, 4.69) is 6.07 Å². The Kier molecular flexibility index (Phi) is 5.41. The second kappa shape index (κ2) is 7.59. The Morgan fingerprint density at radius 1 is 1.19 bits per heavy atom. The van der Waals surface area contributed by atoms with Gasteiger partial charge in [0.1, 0.15) is 17.7 Å². The van der Waals surface area contributed by atoms with E-state index in [-0.39, 0.29) is 11.8 Å². The van der Waals surface area contributed by atoms with Crippen molar-refractivity contribution < 1.29 is 14.3 Å². The van der Waals surface area contributed by atoms with Gasteiger partial charge in [-0.05, 0) is 45.6 Å². The summed E-state index contributed by atoms with van der Waals surface area (Å²) in [5.74, 6) is -0.0563. The Hall–Kier alpha value is -2.55. The first kappa shape index (κ1) is 19.2. The molecule has 6 nitrogen and oxygen atoms in total. The SMILES string of the molecule is CC(C)(C)OC(=O)N1C[C@H](c2ccccc2)C[C@H]1C(=O)N1CCC[C@H]1C#N. The molecular formula is C21H27N3O3. The molecule has 2 aliphatic heterocycles. The minimum Gasteiger partial charge on any atom is -0.444 e. The van der Waals surface area contributed by atoms with Crippen LogP contribution < -0.4 is 0 Å². The van der Waals surface area contributed by atoms with Crippen LogP contribution in [0.4, 0.5) is 4.79 Å². The molecule has 3 rings (SSSR count). The maximum Gasteiger partial charge on any atom is 0.410 e. The normalized spacial score (nSPS) is 25.3. The average Bonchev–Trinajstić information content (AvgIpc) is 3.27. The summed E-state index contributed by atoms with van der Waals surface area (Å²) in [5, 5.41) is 9.34. The molecule has 0 unspecified atom stereocenters. The van der Waals surface area contributed by atoms with Gasteiger partial charge in [0.15, 0.2) is 0 Å². The maximum atomic E-state index is 13.2. The second-order valence-corrected chi connectivity index (χ2v) is 8.31. The summed E-state index contributed by atoms with van der Waals surface area (Å²) in [6.45, 7) is 6.47. The van der Waals surface area contributed by atoms with Gasteiger partial charge in [-0.15, -0.1) is 0 Å². The topological polar surface area (TPSA) is 73.6 Å². The van der Waals surface area contributed by atoms with Crippen LogP contribution in [0.1, 0.15) is 51.5 Å². The molecule has 0 spiro atoms. The van der Waals surface area contributed by atoms with Gasteiger partial charge in [-0.25, -0.2) is 4.79 Å². The molecule has 0 bridgehead atoms. The summed E-state index contributed by atoms with van der Waals surface area (Å²) in [5.41, 5.74) is 0.484. The molecule has 2 amide bonds. The molecule has 0 aromatic heterocycles. The van der Waals surface area contributed by atoms with E-state index in [4.69, 9.17) is 4.74 Å². The van der Waals surface area contributed by atoms with Crippen molar-refractivity contribution >= 4 is 12.0 Å². The molecule has 6 heteroatoms. The molecule has 2 heterocycles. The molecule has 0 aliphatic carbocycles. The molecule has 3 atom stereocenters. The zero-order valence-electron chi connectivity index (χ0n) is 16.2. The number of benzene rings is 1. The first-order valence-corrected chi connectivity index (χ1v) is 9.55. The van der Waals surface area contributed by atoms with Gasteiger partial charge in [0.2, 0.25) is 5.91 Å². The predicted molar refractivity (Wildman–Crippen MR) is 101 cm³/mol. The Labute approximate surface area is 160 Å². The molecule has 1 aromatic rings. The summed E-state index contributed by atoms with van der Waals surface area (Å²) < 4.78 is 5.55. The lowest BCUT2D eigenvalue weighted by Gasteiger charge is -2.31. The summed E-state index contributed by atoms with van der Waals surface area (Å²) in [6, 6.07) is 11.2. The van der Waals surface area contributed by atoms with E-state index in [9.17, 15) is 14.9 Å². The number of ether oxygens (including phenoxy) is 1. The van der Waals surface area contributed by atoms with Crippen molar-refractivity contribution in [3.63, 3.8) is 0 Å². The van der Waals surface area contributed by atoms with E-state index in [0.29, 0.717) is 25.9 Å². The van der Waals surface area contributed by atoms with Crippen molar-refractivity contribution in [2.45, 2.75) is 63.6 Å². The van der Waals surface area contributed by atoms with Gasteiger partial charge in [-0.3, -0.25) is 9.69 Å². The number of nitrogens with zero attached hydrogens (tertiary/aromatic N) is 3. The molecule has 2 aliphatic rings. The van der Waals surface area contributed by atoms with Gasteiger partial charge in [-0.2, -0.15) is 5.26 Å². The lowest BCUT2D eigenvalue weighted by Crippen LogP contribution is -2.50. The number of amides is 2. The summed E-state index contributed by atoms with van der Waals surface area (Å²) in [6.07, 6.45) is 1.61. The smallest absolute Gasteiger partial charge is 0.410 e. The molecule has 1 aromatic carbocycles. The molecular weight excluding hydrogens is 342 g/mol. The van der Waals surface area contributed by atoms with Crippen LogP contribution in [0.5, 0.6) is 0 Å². The largest absolute Gasteiger partial charge is 0.444 e. The standard InChI is InChI=1S/C21H27N3O3/c1-21(2,3)27-20(26)24-14-16(15-8-5-4-6-9-15)12-18(24)19(25)23-11-7-10-17(23)13-22/h4-6,8-9,16-18H,7,10-12,14H2,1-3H3/t16-,17+,18+/m1/s1. The van der Waals surface area contributed by atoms with Crippen molar-refractivity contribution in [1.82, 2.24) is 9.80 Å². The lowest BCUT2D eigenvalue weighted by atomic mass is 9.96. The number of carbonyl (C=O) groups excluding carboxylic acids is 2. The van der Waals surface area contributed by atoms with Crippen molar-refractivity contribution in [3.8, 4) is 6.07 Å². The summed E-state index contributed by atoms with van der Waals surface area (Å²) in [7, 11) is 0. The van der Waals surface area contributed by atoms with Crippen LogP contribution in [0.3, 0.4) is 0 Å². The second-order valence-electron chi connectivity index (χ2n) is 8.31. The van der Waals surface area contributed by atoms with E-state index in [0.717, 1.165) is 12.0 Å². The van der Waals surface area contributed by atoms with E-state index in [1.54, 1.807) is 9.80 Å². The highest BCUT2D eigenvalue weighted by Gasteiger charge is 2.45. The van der Waals surface area contributed by atoms with E-state index in [1.807, 2.05) is 51.1 Å². The fourth-order valence-electron chi connectivity index (χ4n) is 3.92. The number of nitriles is 1. The van der Waals surface area contributed by atoms with Crippen LogP contribution in [0.25, 0.3) is 0 Å². The third kappa shape index (κ3) is 4.24. The average molecular weight is 369 g/mol.